The van der Waals surface area contributed by atoms with E-state index in [4.69, 9.17) is 9.47 Å². The third-order valence-electron chi connectivity index (χ3n) is 4.27. The first kappa shape index (κ1) is 18.1. The molecule has 1 aliphatic rings. The number of epoxide rings is 1. The predicted octanol–water partition coefficient (Wildman–Crippen LogP) is 5.70. The van der Waals surface area contributed by atoms with E-state index in [1.807, 2.05) is 0 Å². The third kappa shape index (κ3) is 8.22. The molecule has 1 aliphatic heterocycles. The van der Waals surface area contributed by atoms with Crippen LogP contribution in [-0.2, 0) is 11.2 Å². The Hall–Kier alpha value is -1.28. The molecule has 0 N–H and O–H groups in total. The van der Waals surface area contributed by atoms with Gasteiger partial charge in [0.1, 0.15) is 18.5 Å². The van der Waals surface area contributed by atoms with Gasteiger partial charge in [0, 0.05) is 0 Å². The molecule has 1 unspecified atom stereocenters. The molecule has 1 atom stereocenters. The van der Waals surface area contributed by atoms with Gasteiger partial charge in [0.05, 0.1) is 6.61 Å². The van der Waals surface area contributed by atoms with Crippen LogP contribution in [0.4, 0.5) is 0 Å². The Bertz CT molecular complexity index is 449. The number of aryl methyl sites for hydroxylation is 1. The molecule has 1 fully saturated rings. The molecular formula is C21H32O2. The molecule has 1 saturated heterocycles. The van der Waals surface area contributed by atoms with Gasteiger partial charge in [-0.3, -0.25) is 0 Å². The molecule has 1 heterocycles. The summed E-state index contributed by atoms with van der Waals surface area (Å²) in [5, 5.41) is 0. The number of hydrogen-bond acceptors (Lipinski definition) is 2. The topological polar surface area (TPSA) is 21.8 Å². The maximum Gasteiger partial charge on any atom is 0.122 e. The maximum absolute atomic E-state index is 5.87. The highest BCUT2D eigenvalue weighted by atomic mass is 16.6. The first-order valence-corrected chi connectivity index (χ1v) is 9.37. The van der Waals surface area contributed by atoms with Crippen LogP contribution in [0.1, 0.15) is 63.9 Å². The van der Waals surface area contributed by atoms with Crippen molar-refractivity contribution in [3.8, 4) is 5.75 Å². The number of hydrogen-bond donors (Lipinski definition) is 0. The summed E-state index contributed by atoms with van der Waals surface area (Å²) in [6, 6.07) is 8.45. The second-order valence-corrected chi connectivity index (χ2v) is 6.41. The summed E-state index contributed by atoms with van der Waals surface area (Å²) < 4.78 is 11.1. The standard InChI is InChI=1S/C21H32O2/c1-2-3-4-5-6-7-8-9-10-11-14-19-15-12-13-16-21(19)23-18-20-17-22-20/h3-4,12-13,15-16,20H,2,5-11,14,17-18H2,1H3/b4-3+. The van der Waals surface area contributed by atoms with Crippen LogP contribution in [0.3, 0.4) is 0 Å². The summed E-state index contributed by atoms with van der Waals surface area (Å²) in [4.78, 5) is 0. The van der Waals surface area contributed by atoms with Gasteiger partial charge in [-0.25, -0.2) is 0 Å². The molecule has 0 spiro atoms. The minimum Gasteiger partial charge on any atom is -0.491 e. The minimum atomic E-state index is 0.329. The van der Waals surface area contributed by atoms with Crippen LogP contribution >= 0.6 is 0 Å². The average molecular weight is 316 g/mol. The molecule has 23 heavy (non-hydrogen) atoms. The van der Waals surface area contributed by atoms with Gasteiger partial charge in [-0.2, -0.15) is 0 Å². The van der Waals surface area contributed by atoms with Crippen molar-refractivity contribution in [1.29, 1.82) is 0 Å². The lowest BCUT2D eigenvalue weighted by Gasteiger charge is -2.10. The van der Waals surface area contributed by atoms with Gasteiger partial charge in [0.15, 0.2) is 0 Å². The van der Waals surface area contributed by atoms with E-state index < -0.39 is 0 Å². The van der Waals surface area contributed by atoms with E-state index in [-0.39, 0.29) is 0 Å². The SMILES string of the molecule is CC/C=C/CCCCCCCCc1ccccc1OCC1CO1. The fourth-order valence-corrected chi connectivity index (χ4v) is 2.77. The Balaban J connectivity index is 1.52. The zero-order valence-electron chi connectivity index (χ0n) is 14.6. The van der Waals surface area contributed by atoms with Crippen molar-refractivity contribution in [3.05, 3.63) is 42.0 Å². The summed E-state index contributed by atoms with van der Waals surface area (Å²) >= 11 is 0. The average Bonchev–Trinajstić information content (AvgIpc) is 3.40. The Labute approximate surface area is 141 Å². The quantitative estimate of drug-likeness (QED) is 0.264. The van der Waals surface area contributed by atoms with Gasteiger partial charge in [0.2, 0.25) is 0 Å². The van der Waals surface area contributed by atoms with Crippen molar-refractivity contribution in [1.82, 2.24) is 0 Å². The van der Waals surface area contributed by atoms with Crippen molar-refractivity contribution < 1.29 is 9.47 Å². The Kier molecular flexibility index (Phi) is 8.86. The van der Waals surface area contributed by atoms with Crippen LogP contribution in [0, 0.1) is 0 Å². The van der Waals surface area contributed by atoms with E-state index in [0.717, 1.165) is 18.8 Å². The summed E-state index contributed by atoms with van der Waals surface area (Å²) in [5.41, 5.74) is 1.35. The van der Waals surface area contributed by atoms with E-state index in [1.54, 1.807) is 0 Å². The van der Waals surface area contributed by atoms with Gasteiger partial charge in [-0.1, -0.05) is 63.0 Å². The van der Waals surface area contributed by atoms with Crippen LogP contribution in [-0.4, -0.2) is 19.3 Å². The molecule has 2 nitrogen and oxygen atoms in total. The molecule has 0 radical (unpaired) electrons. The summed E-state index contributed by atoms with van der Waals surface area (Å²) in [5.74, 6) is 1.05. The van der Waals surface area contributed by atoms with Gasteiger partial charge in [-0.15, -0.1) is 0 Å². The summed E-state index contributed by atoms with van der Waals surface area (Å²) in [6.45, 7) is 3.75. The van der Waals surface area contributed by atoms with E-state index in [1.165, 1.54) is 56.9 Å². The normalized spacial score (nSPS) is 16.8. The largest absolute Gasteiger partial charge is 0.491 e. The van der Waals surface area contributed by atoms with E-state index in [2.05, 4.69) is 43.3 Å². The first-order valence-electron chi connectivity index (χ1n) is 9.37. The first-order chi connectivity index (χ1) is 11.4. The Morgan fingerprint density at radius 2 is 1.78 bits per heavy atom. The summed E-state index contributed by atoms with van der Waals surface area (Å²) in [7, 11) is 0. The number of rotatable bonds is 13. The van der Waals surface area contributed by atoms with Gasteiger partial charge in [0.25, 0.3) is 0 Å². The molecule has 0 bridgehead atoms. The van der Waals surface area contributed by atoms with E-state index in [0.29, 0.717) is 12.7 Å². The van der Waals surface area contributed by atoms with Crippen molar-refractivity contribution in [2.24, 2.45) is 0 Å². The highest BCUT2D eigenvalue weighted by Gasteiger charge is 2.23. The van der Waals surface area contributed by atoms with Crippen LogP contribution in [0.5, 0.6) is 5.75 Å². The van der Waals surface area contributed by atoms with E-state index in [9.17, 15) is 0 Å². The third-order valence-corrected chi connectivity index (χ3v) is 4.27. The molecular weight excluding hydrogens is 284 g/mol. The van der Waals surface area contributed by atoms with Crippen LogP contribution in [0.25, 0.3) is 0 Å². The van der Waals surface area contributed by atoms with Crippen molar-refractivity contribution >= 4 is 0 Å². The number of unbranched alkanes of at least 4 members (excludes halogenated alkanes) is 6. The fourth-order valence-electron chi connectivity index (χ4n) is 2.77. The highest BCUT2D eigenvalue weighted by molar-refractivity contribution is 5.33. The Morgan fingerprint density at radius 1 is 1.04 bits per heavy atom. The predicted molar refractivity (Wildman–Crippen MR) is 97.1 cm³/mol. The lowest BCUT2D eigenvalue weighted by molar-refractivity contribution is 0.261. The highest BCUT2D eigenvalue weighted by Crippen LogP contribution is 2.22. The second kappa shape index (κ2) is 11.3. The lowest BCUT2D eigenvalue weighted by atomic mass is 10.0. The molecule has 2 heteroatoms. The number of para-hydroxylation sites is 1. The van der Waals surface area contributed by atoms with Crippen molar-refractivity contribution in [2.45, 2.75) is 70.8 Å². The van der Waals surface area contributed by atoms with Gasteiger partial charge in [-0.05, 0) is 43.7 Å². The van der Waals surface area contributed by atoms with Crippen LogP contribution in [0.2, 0.25) is 0 Å². The maximum atomic E-state index is 5.87. The minimum absolute atomic E-state index is 0.329. The zero-order valence-corrected chi connectivity index (χ0v) is 14.6. The molecule has 0 saturated carbocycles. The molecule has 128 valence electrons. The molecule has 0 aromatic heterocycles. The molecule has 1 aromatic carbocycles. The molecule has 0 amide bonds. The molecule has 0 aliphatic carbocycles. The molecule has 2 rings (SSSR count). The van der Waals surface area contributed by atoms with Gasteiger partial charge >= 0.3 is 0 Å². The Morgan fingerprint density at radius 3 is 2.57 bits per heavy atom. The van der Waals surface area contributed by atoms with Crippen molar-refractivity contribution in [3.63, 3.8) is 0 Å². The van der Waals surface area contributed by atoms with Crippen LogP contribution < -0.4 is 4.74 Å². The van der Waals surface area contributed by atoms with E-state index >= 15 is 0 Å². The number of ether oxygens (including phenoxy) is 2. The monoisotopic (exact) mass is 316 g/mol. The lowest BCUT2D eigenvalue weighted by Crippen LogP contribution is -2.05. The van der Waals surface area contributed by atoms with Crippen molar-refractivity contribution in [2.75, 3.05) is 13.2 Å². The van der Waals surface area contributed by atoms with Crippen LogP contribution in [0.15, 0.2) is 36.4 Å². The molecule has 1 aromatic rings. The zero-order chi connectivity index (χ0) is 16.2. The number of allylic oxidation sites excluding steroid dienone is 2. The van der Waals surface area contributed by atoms with Gasteiger partial charge < -0.3 is 9.47 Å². The number of benzene rings is 1. The fraction of sp³-hybridized carbons (Fsp3) is 0.619. The summed E-state index contributed by atoms with van der Waals surface area (Å²) in [6.07, 6.45) is 16.5. The second-order valence-electron chi connectivity index (χ2n) is 6.41. The smallest absolute Gasteiger partial charge is 0.122 e.